The van der Waals surface area contributed by atoms with Crippen LogP contribution in [0.15, 0.2) is 121 Å². The van der Waals surface area contributed by atoms with Gasteiger partial charge in [-0.3, -0.25) is 9.36 Å². The van der Waals surface area contributed by atoms with Gasteiger partial charge in [-0.1, -0.05) is 121 Å². The Labute approximate surface area is 283 Å². The summed E-state index contributed by atoms with van der Waals surface area (Å²) in [6.07, 6.45) is -3.34. The molecule has 0 radical (unpaired) electrons. The molecule has 1 aliphatic heterocycles. The molecule has 254 valence electrons. The summed E-state index contributed by atoms with van der Waals surface area (Å²) in [5, 5.41) is 3.03. The van der Waals surface area contributed by atoms with Gasteiger partial charge in [0.05, 0.1) is 51.3 Å². The highest BCUT2D eigenvalue weighted by Gasteiger charge is 2.51. The summed E-state index contributed by atoms with van der Waals surface area (Å²) in [4.78, 5) is 12.7. The van der Waals surface area contributed by atoms with Gasteiger partial charge in [-0.05, 0) is 22.3 Å². The van der Waals surface area contributed by atoms with Crippen LogP contribution < -0.4 is 5.32 Å². The molecule has 6 atom stereocenters. The molecule has 0 bridgehead atoms. The van der Waals surface area contributed by atoms with Crippen LogP contribution in [-0.2, 0) is 63.8 Å². The lowest BCUT2D eigenvalue weighted by molar-refractivity contribution is -0.168. The van der Waals surface area contributed by atoms with E-state index in [0.29, 0.717) is 6.61 Å². The number of ether oxygens (including phenoxy) is 4. The number of carbonyl (C=O) groups is 1. The molecule has 1 saturated heterocycles. The predicted molar refractivity (Wildman–Crippen MR) is 183 cm³/mol. The maximum Gasteiger partial charge on any atom is 0.333 e. The molecule has 4 aromatic rings. The summed E-state index contributed by atoms with van der Waals surface area (Å²) in [5.74, 6) is -0.292. The second kappa shape index (κ2) is 18.2. The number of amides is 1. The molecule has 1 N–H and O–H groups in total. The highest BCUT2D eigenvalue weighted by Crippen LogP contribution is 2.54. The van der Waals surface area contributed by atoms with Gasteiger partial charge in [0.15, 0.2) is 0 Å². The summed E-state index contributed by atoms with van der Waals surface area (Å²) in [7, 11) is -2.34. The first-order valence-corrected chi connectivity index (χ1v) is 17.8. The van der Waals surface area contributed by atoms with E-state index in [1.165, 1.54) is 14.0 Å². The number of nitrogens with one attached hydrogen (secondary N) is 1. The van der Waals surface area contributed by atoms with Gasteiger partial charge in [0.2, 0.25) is 5.91 Å². The van der Waals surface area contributed by atoms with Crippen LogP contribution in [0.1, 0.15) is 29.2 Å². The van der Waals surface area contributed by atoms with E-state index in [1.54, 1.807) is 0 Å². The van der Waals surface area contributed by atoms with Crippen molar-refractivity contribution in [3.8, 4) is 0 Å². The third kappa shape index (κ3) is 10.7. The molecule has 0 saturated carbocycles. The van der Waals surface area contributed by atoms with Gasteiger partial charge in [-0.2, -0.15) is 0 Å². The van der Waals surface area contributed by atoms with Crippen molar-refractivity contribution in [1.29, 1.82) is 0 Å². The smallest absolute Gasteiger partial charge is 0.333 e. The molecular formula is C38H44NO8P. The first-order chi connectivity index (χ1) is 23.4. The van der Waals surface area contributed by atoms with E-state index >= 15 is 0 Å². The van der Waals surface area contributed by atoms with Crippen LogP contribution >= 0.6 is 7.60 Å². The standard InChI is InChI=1S/C38H44NO8P/c1-29(40)39-36-35(45-25-32-19-11-5-12-20-32)28-48(41,42-2)47-38(36)37(46-26-33-21-13-6-14-22-33)34(44-24-31-17-9-4-10-18-31)27-43-23-30-15-7-3-8-16-30/h3-22,34-38H,23-28H2,1-2H3,(H,39,40)/t34-,35-,36+,37-,38+,48+/m0/s1. The van der Waals surface area contributed by atoms with Crippen LogP contribution in [0.25, 0.3) is 0 Å². The van der Waals surface area contributed by atoms with Crippen molar-refractivity contribution < 1.29 is 37.4 Å². The lowest BCUT2D eigenvalue weighted by atomic mass is 9.96. The Kier molecular flexibility index (Phi) is 13.5. The molecule has 0 unspecified atom stereocenters. The normalized spacial score (nSPS) is 22.1. The van der Waals surface area contributed by atoms with Crippen molar-refractivity contribution in [2.75, 3.05) is 19.9 Å². The summed E-state index contributed by atoms with van der Waals surface area (Å²) >= 11 is 0. The quantitative estimate of drug-likeness (QED) is 0.124. The third-order valence-electron chi connectivity index (χ3n) is 8.07. The van der Waals surface area contributed by atoms with Crippen LogP contribution in [0.3, 0.4) is 0 Å². The van der Waals surface area contributed by atoms with Crippen molar-refractivity contribution in [1.82, 2.24) is 5.32 Å². The fraction of sp³-hybridized carbons (Fsp3) is 0.342. The Morgan fingerprint density at radius 3 is 1.73 bits per heavy atom. The second-order valence-electron chi connectivity index (χ2n) is 11.7. The lowest BCUT2D eigenvalue weighted by Gasteiger charge is -2.45. The molecule has 0 aromatic heterocycles. The van der Waals surface area contributed by atoms with Crippen LogP contribution in [0.4, 0.5) is 0 Å². The zero-order valence-electron chi connectivity index (χ0n) is 27.4. The Morgan fingerprint density at radius 2 is 1.23 bits per heavy atom. The van der Waals surface area contributed by atoms with Crippen molar-refractivity contribution in [3.63, 3.8) is 0 Å². The molecule has 1 heterocycles. The van der Waals surface area contributed by atoms with Crippen LogP contribution in [0, 0.1) is 0 Å². The third-order valence-corrected chi connectivity index (χ3v) is 10.00. The molecule has 1 amide bonds. The minimum Gasteiger partial charge on any atom is -0.374 e. The number of carbonyl (C=O) groups excluding carboxylic acids is 1. The lowest BCUT2D eigenvalue weighted by Crippen LogP contribution is -2.62. The Balaban J connectivity index is 1.49. The second-order valence-corrected chi connectivity index (χ2v) is 13.9. The van der Waals surface area contributed by atoms with Gasteiger partial charge in [0.1, 0.15) is 18.3 Å². The molecule has 5 rings (SSSR count). The highest BCUT2D eigenvalue weighted by atomic mass is 31.2. The molecule has 9 nitrogen and oxygen atoms in total. The van der Waals surface area contributed by atoms with E-state index < -0.39 is 38.1 Å². The Morgan fingerprint density at radius 1 is 0.750 bits per heavy atom. The summed E-state index contributed by atoms with van der Waals surface area (Å²) < 4.78 is 51.8. The molecule has 4 aromatic carbocycles. The molecule has 0 aliphatic carbocycles. The molecular weight excluding hydrogens is 629 g/mol. The van der Waals surface area contributed by atoms with E-state index in [0.717, 1.165) is 22.3 Å². The van der Waals surface area contributed by atoms with E-state index in [1.807, 2.05) is 121 Å². The van der Waals surface area contributed by atoms with Crippen molar-refractivity contribution in [2.24, 2.45) is 0 Å². The first kappa shape index (κ1) is 35.6. The van der Waals surface area contributed by atoms with Crippen molar-refractivity contribution in [2.45, 2.75) is 63.8 Å². The fourth-order valence-corrected chi connectivity index (χ4v) is 7.34. The zero-order chi connectivity index (χ0) is 33.6. The first-order valence-electron chi connectivity index (χ1n) is 16.1. The molecule has 1 aliphatic rings. The van der Waals surface area contributed by atoms with Crippen LogP contribution in [0.5, 0.6) is 0 Å². The van der Waals surface area contributed by atoms with E-state index in [-0.39, 0.29) is 38.5 Å². The van der Waals surface area contributed by atoms with E-state index in [9.17, 15) is 9.36 Å². The summed E-state index contributed by atoms with van der Waals surface area (Å²) in [5.41, 5.74) is 3.82. The maximum atomic E-state index is 14.1. The van der Waals surface area contributed by atoms with Crippen LogP contribution in [-0.4, -0.2) is 56.2 Å². The van der Waals surface area contributed by atoms with Gasteiger partial charge in [-0.25, -0.2) is 0 Å². The van der Waals surface area contributed by atoms with Gasteiger partial charge in [0, 0.05) is 14.0 Å². The minimum atomic E-state index is -3.70. The van der Waals surface area contributed by atoms with Gasteiger partial charge in [-0.15, -0.1) is 0 Å². The maximum absolute atomic E-state index is 14.1. The largest absolute Gasteiger partial charge is 0.374 e. The monoisotopic (exact) mass is 673 g/mol. The predicted octanol–water partition coefficient (Wildman–Crippen LogP) is 6.70. The summed E-state index contributed by atoms with van der Waals surface area (Å²) in [6.45, 7) is 2.61. The Hall–Kier alpha value is -3.66. The number of rotatable bonds is 17. The van der Waals surface area contributed by atoms with Crippen LogP contribution in [0.2, 0.25) is 0 Å². The SMILES string of the molecule is CO[P@]1(=O)C[C@H](OCc2ccccc2)[C@@H](NC(C)=O)[C@H]([C@@H](OCc2ccccc2)[C@H](COCc2ccccc2)OCc2ccccc2)O1. The molecule has 0 spiro atoms. The molecule has 48 heavy (non-hydrogen) atoms. The molecule has 1 fully saturated rings. The average Bonchev–Trinajstić information content (AvgIpc) is 3.12. The number of hydrogen-bond donors (Lipinski definition) is 1. The van der Waals surface area contributed by atoms with E-state index in [2.05, 4.69) is 5.32 Å². The van der Waals surface area contributed by atoms with Gasteiger partial charge < -0.3 is 33.3 Å². The number of hydrogen-bond acceptors (Lipinski definition) is 8. The van der Waals surface area contributed by atoms with Gasteiger partial charge in [0.25, 0.3) is 0 Å². The highest BCUT2D eigenvalue weighted by molar-refractivity contribution is 7.54. The molecule has 10 heteroatoms. The fourth-order valence-electron chi connectivity index (χ4n) is 5.63. The van der Waals surface area contributed by atoms with E-state index in [4.69, 9.17) is 28.0 Å². The summed E-state index contributed by atoms with van der Waals surface area (Å²) in [6, 6.07) is 38.3. The van der Waals surface area contributed by atoms with Crippen molar-refractivity contribution >= 4 is 13.5 Å². The zero-order valence-corrected chi connectivity index (χ0v) is 28.3. The van der Waals surface area contributed by atoms with Crippen molar-refractivity contribution in [3.05, 3.63) is 144 Å². The average molecular weight is 674 g/mol. The minimum absolute atomic E-state index is 0.0523. The topological polar surface area (TPSA) is 102 Å². The number of benzene rings is 4. The van der Waals surface area contributed by atoms with Gasteiger partial charge >= 0.3 is 7.60 Å². The Bertz CT molecular complexity index is 1560.